The monoisotopic (exact) mass is 323 g/mol. The first-order valence-corrected chi connectivity index (χ1v) is 9.10. The summed E-state index contributed by atoms with van der Waals surface area (Å²) in [5.74, 6) is 0.344. The number of carbonyl (C=O) groups excluding carboxylic acids is 2. The highest BCUT2D eigenvalue weighted by Crippen LogP contribution is 2.22. The van der Waals surface area contributed by atoms with E-state index in [4.69, 9.17) is 4.74 Å². The maximum absolute atomic E-state index is 12.3. The van der Waals surface area contributed by atoms with Crippen LogP contribution < -0.4 is 5.32 Å². The standard InChI is InChI=1S/C17H29N3O3/c21-16-6-5-14(17(22)18-15-3-1-4-15)13-20(16)8-2-7-19-9-11-23-12-10-19/h14-15H,1-13H2,(H,18,22)/t14-/m1/s1. The zero-order valence-electron chi connectivity index (χ0n) is 14.0. The molecule has 0 aromatic rings. The first-order chi connectivity index (χ1) is 11.2. The summed E-state index contributed by atoms with van der Waals surface area (Å²) in [6.45, 7) is 5.97. The molecule has 0 aromatic heterocycles. The van der Waals surface area contributed by atoms with Crippen molar-refractivity contribution in [3.63, 3.8) is 0 Å². The van der Waals surface area contributed by atoms with Crippen LogP contribution >= 0.6 is 0 Å². The third kappa shape index (κ3) is 4.67. The molecule has 2 heterocycles. The molecule has 3 aliphatic rings. The number of amides is 2. The Morgan fingerprint density at radius 2 is 1.96 bits per heavy atom. The van der Waals surface area contributed by atoms with E-state index in [1.54, 1.807) is 0 Å². The molecule has 1 aliphatic carbocycles. The Morgan fingerprint density at radius 1 is 1.17 bits per heavy atom. The van der Waals surface area contributed by atoms with E-state index in [-0.39, 0.29) is 17.7 Å². The molecule has 2 saturated heterocycles. The molecule has 130 valence electrons. The highest BCUT2D eigenvalue weighted by molar-refractivity contribution is 5.84. The van der Waals surface area contributed by atoms with Crippen molar-refractivity contribution in [1.29, 1.82) is 0 Å². The van der Waals surface area contributed by atoms with Crippen LogP contribution in [0.3, 0.4) is 0 Å². The fourth-order valence-electron chi connectivity index (χ4n) is 3.53. The molecule has 2 amide bonds. The third-order valence-electron chi connectivity index (χ3n) is 5.33. The summed E-state index contributed by atoms with van der Waals surface area (Å²) in [5.41, 5.74) is 0. The molecule has 3 rings (SSSR count). The molecule has 3 fully saturated rings. The van der Waals surface area contributed by atoms with Crippen LogP contribution in [0.2, 0.25) is 0 Å². The van der Waals surface area contributed by atoms with Gasteiger partial charge in [0.2, 0.25) is 11.8 Å². The van der Waals surface area contributed by atoms with Gasteiger partial charge in [0.05, 0.1) is 19.1 Å². The van der Waals surface area contributed by atoms with Gasteiger partial charge in [0.1, 0.15) is 0 Å². The summed E-state index contributed by atoms with van der Waals surface area (Å²) in [6, 6.07) is 0.384. The lowest BCUT2D eigenvalue weighted by Crippen LogP contribution is -2.49. The fourth-order valence-corrected chi connectivity index (χ4v) is 3.53. The molecule has 1 N–H and O–H groups in total. The summed E-state index contributed by atoms with van der Waals surface area (Å²) < 4.78 is 5.35. The molecule has 0 radical (unpaired) electrons. The number of morpholine rings is 1. The lowest BCUT2D eigenvalue weighted by molar-refractivity contribution is -0.138. The van der Waals surface area contributed by atoms with Gasteiger partial charge in [-0.15, -0.1) is 0 Å². The number of likely N-dealkylation sites (tertiary alicyclic amines) is 1. The summed E-state index contributed by atoms with van der Waals surface area (Å²) in [5, 5.41) is 3.13. The first-order valence-electron chi connectivity index (χ1n) is 9.10. The van der Waals surface area contributed by atoms with Crippen molar-refractivity contribution in [2.45, 2.75) is 44.6 Å². The fraction of sp³-hybridized carbons (Fsp3) is 0.882. The van der Waals surface area contributed by atoms with Gasteiger partial charge in [0.25, 0.3) is 0 Å². The van der Waals surface area contributed by atoms with Crippen molar-refractivity contribution < 1.29 is 14.3 Å². The number of piperidine rings is 1. The highest BCUT2D eigenvalue weighted by Gasteiger charge is 2.31. The minimum Gasteiger partial charge on any atom is -0.379 e. The quantitative estimate of drug-likeness (QED) is 0.778. The van der Waals surface area contributed by atoms with E-state index in [1.165, 1.54) is 6.42 Å². The molecule has 2 aliphatic heterocycles. The smallest absolute Gasteiger partial charge is 0.225 e. The van der Waals surface area contributed by atoms with Gasteiger partial charge in [-0.3, -0.25) is 14.5 Å². The third-order valence-corrected chi connectivity index (χ3v) is 5.33. The van der Waals surface area contributed by atoms with Crippen molar-refractivity contribution >= 4 is 11.8 Å². The van der Waals surface area contributed by atoms with Crippen molar-refractivity contribution in [2.75, 3.05) is 45.9 Å². The molecule has 0 bridgehead atoms. The minimum absolute atomic E-state index is 0.0170. The number of rotatable bonds is 6. The highest BCUT2D eigenvalue weighted by atomic mass is 16.5. The molecule has 0 unspecified atom stereocenters. The van der Waals surface area contributed by atoms with Crippen molar-refractivity contribution in [3.8, 4) is 0 Å². The van der Waals surface area contributed by atoms with Gasteiger partial charge in [-0.2, -0.15) is 0 Å². The van der Waals surface area contributed by atoms with Gasteiger partial charge in [0.15, 0.2) is 0 Å². The summed E-state index contributed by atoms with van der Waals surface area (Å²) in [4.78, 5) is 28.7. The molecule has 6 nitrogen and oxygen atoms in total. The van der Waals surface area contributed by atoms with Gasteiger partial charge in [0, 0.05) is 45.2 Å². The van der Waals surface area contributed by atoms with Crippen LogP contribution in [0.15, 0.2) is 0 Å². The largest absolute Gasteiger partial charge is 0.379 e. The van der Waals surface area contributed by atoms with Crippen LogP contribution in [-0.4, -0.2) is 73.6 Å². The predicted octanol–water partition coefficient (Wildman–Crippen LogP) is 0.616. The van der Waals surface area contributed by atoms with Crippen molar-refractivity contribution in [3.05, 3.63) is 0 Å². The van der Waals surface area contributed by atoms with Gasteiger partial charge in [-0.1, -0.05) is 0 Å². The van der Waals surface area contributed by atoms with Crippen LogP contribution in [0, 0.1) is 5.92 Å². The van der Waals surface area contributed by atoms with Crippen LogP contribution in [0.4, 0.5) is 0 Å². The molecule has 6 heteroatoms. The molecule has 0 aromatic carbocycles. The van der Waals surface area contributed by atoms with Crippen LogP contribution in [0.1, 0.15) is 38.5 Å². The lowest BCUT2D eigenvalue weighted by Gasteiger charge is -2.35. The Kier molecular flexibility index (Phi) is 5.89. The average molecular weight is 323 g/mol. The zero-order valence-corrected chi connectivity index (χ0v) is 14.0. The number of ether oxygens (including phenoxy) is 1. The molecule has 23 heavy (non-hydrogen) atoms. The molecule has 1 saturated carbocycles. The number of nitrogens with zero attached hydrogens (tertiary/aromatic N) is 2. The predicted molar refractivity (Wildman–Crippen MR) is 87.0 cm³/mol. The van der Waals surface area contributed by atoms with Crippen LogP contribution in [-0.2, 0) is 14.3 Å². The second-order valence-corrected chi connectivity index (χ2v) is 7.02. The molecular formula is C17H29N3O3. The summed E-state index contributed by atoms with van der Waals surface area (Å²) in [7, 11) is 0. The zero-order chi connectivity index (χ0) is 16.1. The van der Waals surface area contributed by atoms with E-state index in [2.05, 4.69) is 10.2 Å². The second kappa shape index (κ2) is 8.11. The topological polar surface area (TPSA) is 61.9 Å². The van der Waals surface area contributed by atoms with E-state index in [9.17, 15) is 9.59 Å². The van der Waals surface area contributed by atoms with Crippen molar-refractivity contribution in [2.24, 2.45) is 5.92 Å². The first kappa shape index (κ1) is 16.7. The number of hydrogen-bond acceptors (Lipinski definition) is 4. The Balaban J connectivity index is 1.40. The van der Waals surface area contributed by atoms with E-state index in [0.717, 1.165) is 58.7 Å². The molecule has 1 atom stereocenters. The Morgan fingerprint density at radius 3 is 2.65 bits per heavy atom. The van der Waals surface area contributed by atoms with E-state index in [1.807, 2.05) is 4.90 Å². The van der Waals surface area contributed by atoms with Gasteiger partial charge in [-0.05, 0) is 32.1 Å². The van der Waals surface area contributed by atoms with Crippen molar-refractivity contribution in [1.82, 2.24) is 15.1 Å². The normalized spacial score (nSPS) is 26.9. The number of hydrogen-bond donors (Lipinski definition) is 1. The number of carbonyl (C=O) groups is 2. The molecule has 0 spiro atoms. The average Bonchev–Trinajstić information content (AvgIpc) is 2.53. The maximum atomic E-state index is 12.3. The maximum Gasteiger partial charge on any atom is 0.225 e. The van der Waals surface area contributed by atoms with Crippen LogP contribution in [0.5, 0.6) is 0 Å². The number of nitrogens with one attached hydrogen (secondary N) is 1. The second-order valence-electron chi connectivity index (χ2n) is 7.02. The Labute approximate surface area is 138 Å². The summed E-state index contributed by atoms with van der Waals surface area (Å²) >= 11 is 0. The van der Waals surface area contributed by atoms with E-state index < -0.39 is 0 Å². The van der Waals surface area contributed by atoms with Gasteiger partial charge >= 0.3 is 0 Å². The Bertz CT molecular complexity index is 419. The Hall–Kier alpha value is -1.14. The van der Waals surface area contributed by atoms with Gasteiger partial charge < -0.3 is 15.0 Å². The molecular weight excluding hydrogens is 294 g/mol. The van der Waals surface area contributed by atoms with E-state index >= 15 is 0 Å². The SMILES string of the molecule is O=C(NC1CCC1)[C@@H]1CCC(=O)N(CCCN2CCOCC2)C1. The minimum atomic E-state index is -0.0170. The summed E-state index contributed by atoms with van der Waals surface area (Å²) in [6.07, 6.45) is 5.64. The lowest BCUT2D eigenvalue weighted by atomic mass is 9.91. The van der Waals surface area contributed by atoms with Gasteiger partial charge in [-0.25, -0.2) is 0 Å². The van der Waals surface area contributed by atoms with Crippen LogP contribution in [0.25, 0.3) is 0 Å². The van der Waals surface area contributed by atoms with E-state index in [0.29, 0.717) is 25.4 Å².